The molecular formula is C19H20N4OS. The molecule has 1 amide bonds. The zero-order valence-electron chi connectivity index (χ0n) is 14.3. The fraction of sp³-hybridized carbons (Fsp3) is 0.316. The molecular weight excluding hydrogens is 332 g/mol. The number of carbonyl (C=O) groups excluding carboxylic acids is 1. The molecule has 128 valence electrons. The number of nitrogens with zero attached hydrogens (tertiary/aromatic N) is 3. The monoisotopic (exact) mass is 352 g/mol. The minimum atomic E-state index is -0.256. The molecule has 5 nitrogen and oxygen atoms in total. The molecule has 1 aliphatic carbocycles. The minimum absolute atomic E-state index is 0.0303. The van der Waals surface area contributed by atoms with Gasteiger partial charge in [-0.05, 0) is 31.2 Å². The topological polar surface area (TPSA) is 59.8 Å². The third kappa shape index (κ3) is 3.26. The molecule has 2 aromatic carbocycles. The summed E-state index contributed by atoms with van der Waals surface area (Å²) >= 11 is 1.45. The molecule has 25 heavy (non-hydrogen) atoms. The van der Waals surface area contributed by atoms with Crippen LogP contribution >= 0.6 is 11.8 Å². The van der Waals surface area contributed by atoms with Crippen LogP contribution in [0.15, 0.2) is 47.6 Å². The molecule has 1 heterocycles. The van der Waals surface area contributed by atoms with E-state index in [1.165, 1.54) is 24.6 Å². The summed E-state index contributed by atoms with van der Waals surface area (Å²) in [5.41, 5.74) is 0.840. The largest absolute Gasteiger partial charge is 0.325 e. The van der Waals surface area contributed by atoms with Crippen molar-refractivity contribution in [3.05, 3.63) is 48.3 Å². The van der Waals surface area contributed by atoms with Crippen LogP contribution in [-0.2, 0) is 11.8 Å². The smallest absolute Gasteiger partial charge is 0.237 e. The van der Waals surface area contributed by atoms with Crippen LogP contribution in [-0.4, -0.2) is 25.9 Å². The van der Waals surface area contributed by atoms with E-state index in [0.717, 1.165) is 27.4 Å². The van der Waals surface area contributed by atoms with Gasteiger partial charge in [-0.2, -0.15) is 0 Å². The summed E-state index contributed by atoms with van der Waals surface area (Å²) < 4.78 is 2.02. The lowest BCUT2D eigenvalue weighted by Crippen LogP contribution is -2.23. The number of fused-ring (bicyclic) bond motifs is 1. The average Bonchev–Trinajstić information content (AvgIpc) is 3.40. The van der Waals surface area contributed by atoms with Crippen LogP contribution in [0.1, 0.15) is 31.5 Å². The molecule has 4 rings (SSSR count). The quantitative estimate of drug-likeness (QED) is 0.706. The highest BCUT2D eigenvalue weighted by atomic mass is 32.2. The molecule has 1 fully saturated rings. The average molecular weight is 352 g/mol. The van der Waals surface area contributed by atoms with E-state index < -0.39 is 0 Å². The van der Waals surface area contributed by atoms with Gasteiger partial charge < -0.3 is 9.88 Å². The van der Waals surface area contributed by atoms with E-state index in [1.54, 1.807) is 0 Å². The van der Waals surface area contributed by atoms with Gasteiger partial charge in [0.05, 0.1) is 5.25 Å². The van der Waals surface area contributed by atoms with Crippen LogP contribution in [0.25, 0.3) is 10.8 Å². The first-order valence-electron chi connectivity index (χ1n) is 8.48. The highest BCUT2D eigenvalue weighted by Crippen LogP contribution is 2.39. The number of nitrogens with one attached hydrogen (secondary N) is 1. The Morgan fingerprint density at radius 3 is 2.76 bits per heavy atom. The Hall–Kier alpha value is -2.34. The maximum atomic E-state index is 12.6. The van der Waals surface area contributed by atoms with E-state index in [2.05, 4.69) is 15.5 Å². The maximum Gasteiger partial charge on any atom is 0.237 e. The second-order valence-electron chi connectivity index (χ2n) is 6.45. The Morgan fingerprint density at radius 2 is 1.96 bits per heavy atom. The van der Waals surface area contributed by atoms with Crippen molar-refractivity contribution < 1.29 is 4.79 Å². The number of aromatic nitrogens is 3. The van der Waals surface area contributed by atoms with Crippen molar-refractivity contribution in [1.29, 1.82) is 0 Å². The second-order valence-corrected chi connectivity index (χ2v) is 7.76. The van der Waals surface area contributed by atoms with Crippen LogP contribution in [0.2, 0.25) is 0 Å². The minimum Gasteiger partial charge on any atom is -0.325 e. The normalized spacial score (nSPS) is 15.3. The van der Waals surface area contributed by atoms with Crippen molar-refractivity contribution >= 4 is 34.1 Å². The number of carbonyl (C=O) groups is 1. The Balaban J connectivity index is 1.48. The lowest BCUT2D eigenvalue weighted by molar-refractivity contribution is -0.115. The van der Waals surface area contributed by atoms with Gasteiger partial charge in [0.1, 0.15) is 5.82 Å². The van der Waals surface area contributed by atoms with Crippen molar-refractivity contribution in [2.45, 2.75) is 36.1 Å². The Morgan fingerprint density at radius 1 is 1.20 bits per heavy atom. The summed E-state index contributed by atoms with van der Waals surface area (Å²) in [6, 6.07) is 14.0. The molecule has 0 radical (unpaired) electrons. The number of amides is 1. The summed E-state index contributed by atoms with van der Waals surface area (Å²) in [5, 5.41) is 14.3. The van der Waals surface area contributed by atoms with Gasteiger partial charge in [-0.25, -0.2) is 0 Å². The molecule has 1 atom stereocenters. The molecule has 1 aliphatic rings. The van der Waals surface area contributed by atoms with Gasteiger partial charge >= 0.3 is 0 Å². The SMILES string of the molecule is C[C@@H](Sc1nnc(C2CC2)n1C)C(=O)Nc1cccc2ccccc12. The van der Waals surface area contributed by atoms with E-state index in [9.17, 15) is 4.79 Å². The first-order valence-corrected chi connectivity index (χ1v) is 9.36. The number of hydrogen-bond acceptors (Lipinski definition) is 4. The van der Waals surface area contributed by atoms with E-state index >= 15 is 0 Å². The van der Waals surface area contributed by atoms with Crippen molar-refractivity contribution in [1.82, 2.24) is 14.8 Å². The zero-order valence-corrected chi connectivity index (χ0v) is 15.1. The molecule has 1 aromatic heterocycles. The fourth-order valence-electron chi connectivity index (χ4n) is 2.91. The van der Waals surface area contributed by atoms with Crippen LogP contribution in [0.3, 0.4) is 0 Å². The summed E-state index contributed by atoms with van der Waals surface area (Å²) in [5.74, 6) is 1.55. The van der Waals surface area contributed by atoms with Gasteiger partial charge in [0.25, 0.3) is 0 Å². The predicted molar refractivity (Wildman–Crippen MR) is 101 cm³/mol. The Labute approximate surface area is 150 Å². The number of thioether (sulfide) groups is 1. The fourth-order valence-corrected chi connectivity index (χ4v) is 3.73. The van der Waals surface area contributed by atoms with Gasteiger partial charge in [-0.15, -0.1) is 10.2 Å². The highest BCUT2D eigenvalue weighted by molar-refractivity contribution is 8.00. The molecule has 0 spiro atoms. The van der Waals surface area contributed by atoms with Gasteiger partial charge in [0.15, 0.2) is 5.16 Å². The van der Waals surface area contributed by atoms with Crippen molar-refractivity contribution in [2.24, 2.45) is 7.05 Å². The highest BCUT2D eigenvalue weighted by Gasteiger charge is 2.30. The van der Waals surface area contributed by atoms with Crippen LogP contribution in [0.4, 0.5) is 5.69 Å². The zero-order chi connectivity index (χ0) is 17.4. The van der Waals surface area contributed by atoms with Gasteiger partial charge in [-0.3, -0.25) is 4.79 Å². The van der Waals surface area contributed by atoms with Gasteiger partial charge in [0.2, 0.25) is 5.91 Å². The summed E-state index contributed by atoms with van der Waals surface area (Å²) in [6.07, 6.45) is 2.38. The number of benzene rings is 2. The third-order valence-corrected chi connectivity index (χ3v) is 5.64. The third-order valence-electron chi connectivity index (χ3n) is 4.51. The number of hydrogen-bond donors (Lipinski definition) is 1. The molecule has 0 unspecified atom stereocenters. The van der Waals surface area contributed by atoms with Crippen molar-refractivity contribution in [2.75, 3.05) is 5.32 Å². The number of rotatable bonds is 5. The molecule has 1 N–H and O–H groups in total. The molecule has 0 bridgehead atoms. The Bertz CT molecular complexity index is 927. The summed E-state index contributed by atoms with van der Waals surface area (Å²) in [4.78, 5) is 12.6. The molecule has 0 saturated heterocycles. The van der Waals surface area contributed by atoms with Gasteiger partial charge in [-0.1, -0.05) is 48.2 Å². The standard InChI is InChI=1S/C19H20N4OS/c1-12(25-19-22-21-17(23(19)2)14-10-11-14)18(24)20-16-9-5-7-13-6-3-4-8-15(13)16/h3-9,12,14H,10-11H2,1-2H3,(H,20,24)/t12-/m1/s1. The Kier molecular flexibility index (Phi) is 4.21. The van der Waals surface area contributed by atoms with E-state index in [-0.39, 0.29) is 11.2 Å². The van der Waals surface area contributed by atoms with E-state index in [1.807, 2.05) is 61.0 Å². The lowest BCUT2D eigenvalue weighted by Gasteiger charge is -2.13. The predicted octanol–water partition coefficient (Wildman–Crippen LogP) is 3.97. The number of anilines is 1. The van der Waals surface area contributed by atoms with Crippen molar-refractivity contribution in [3.63, 3.8) is 0 Å². The summed E-state index contributed by atoms with van der Waals surface area (Å²) in [6.45, 7) is 1.90. The van der Waals surface area contributed by atoms with E-state index in [0.29, 0.717) is 5.92 Å². The van der Waals surface area contributed by atoms with Crippen LogP contribution < -0.4 is 5.32 Å². The molecule has 0 aliphatic heterocycles. The van der Waals surface area contributed by atoms with Crippen LogP contribution in [0.5, 0.6) is 0 Å². The van der Waals surface area contributed by atoms with Gasteiger partial charge in [0, 0.05) is 24.0 Å². The first-order chi connectivity index (χ1) is 12.1. The van der Waals surface area contributed by atoms with Crippen molar-refractivity contribution in [3.8, 4) is 0 Å². The summed E-state index contributed by atoms with van der Waals surface area (Å²) in [7, 11) is 1.98. The second kappa shape index (κ2) is 6.52. The van der Waals surface area contributed by atoms with Crippen LogP contribution in [0, 0.1) is 0 Å². The lowest BCUT2D eigenvalue weighted by atomic mass is 10.1. The molecule has 3 aromatic rings. The van der Waals surface area contributed by atoms with E-state index in [4.69, 9.17) is 0 Å². The molecule has 6 heteroatoms. The maximum absolute atomic E-state index is 12.6. The first kappa shape index (κ1) is 16.1. The molecule has 1 saturated carbocycles.